The molecule has 0 saturated carbocycles. The molecule has 2 N–H and O–H groups in total. The predicted molar refractivity (Wildman–Crippen MR) is 91.0 cm³/mol. The van der Waals surface area contributed by atoms with Gasteiger partial charge in [0, 0.05) is 0 Å². The molecule has 22 heavy (non-hydrogen) atoms. The van der Waals surface area contributed by atoms with Crippen molar-refractivity contribution in [2.75, 3.05) is 14.2 Å². The van der Waals surface area contributed by atoms with Crippen LogP contribution >= 0.6 is 0 Å². The number of methoxy groups -OCH3 is 2. The van der Waals surface area contributed by atoms with Crippen molar-refractivity contribution in [2.45, 2.75) is 33.7 Å². The first kappa shape index (κ1) is 16.4. The molecule has 0 amide bonds. The average Bonchev–Trinajstić information content (AvgIpc) is 2.52. The van der Waals surface area contributed by atoms with Crippen LogP contribution in [-0.2, 0) is 0 Å². The van der Waals surface area contributed by atoms with Crippen molar-refractivity contribution in [2.24, 2.45) is 5.73 Å². The van der Waals surface area contributed by atoms with Crippen molar-refractivity contribution in [3.63, 3.8) is 0 Å². The van der Waals surface area contributed by atoms with Crippen molar-refractivity contribution in [3.8, 4) is 11.5 Å². The van der Waals surface area contributed by atoms with Gasteiger partial charge in [-0.15, -0.1) is 0 Å². The summed E-state index contributed by atoms with van der Waals surface area (Å²) < 4.78 is 10.7. The fourth-order valence-electron chi connectivity index (χ4n) is 2.93. The molecule has 2 aromatic rings. The van der Waals surface area contributed by atoms with E-state index in [2.05, 4.69) is 33.8 Å². The van der Waals surface area contributed by atoms with E-state index in [4.69, 9.17) is 15.2 Å². The molecule has 1 unspecified atom stereocenters. The molecule has 0 aliphatic heterocycles. The number of rotatable bonds is 4. The predicted octanol–water partition coefficient (Wildman–Crippen LogP) is 3.99. The van der Waals surface area contributed by atoms with E-state index in [1.54, 1.807) is 14.2 Å². The van der Waals surface area contributed by atoms with Gasteiger partial charge >= 0.3 is 0 Å². The van der Waals surface area contributed by atoms with Gasteiger partial charge in [0.15, 0.2) is 11.5 Å². The molecule has 3 nitrogen and oxygen atoms in total. The lowest BCUT2D eigenvalue weighted by Gasteiger charge is -2.22. The highest BCUT2D eigenvalue weighted by molar-refractivity contribution is 5.51. The highest BCUT2D eigenvalue weighted by Crippen LogP contribution is 2.34. The Labute approximate surface area is 133 Å². The number of ether oxygens (including phenoxy) is 2. The first-order valence-corrected chi connectivity index (χ1v) is 7.45. The van der Waals surface area contributed by atoms with E-state index in [0.29, 0.717) is 11.5 Å². The lowest BCUT2D eigenvalue weighted by atomic mass is 9.87. The summed E-state index contributed by atoms with van der Waals surface area (Å²) in [6.07, 6.45) is 0. The molecule has 1 atom stereocenters. The Balaban J connectivity index is 2.55. The molecule has 3 heteroatoms. The van der Waals surface area contributed by atoms with E-state index < -0.39 is 0 Å². The van der Waals surface area contributed by atoms with Crippen molar-refractivity contribution in [1.29, 1.82) is 0 Å². The van der Waals surface area contributed by atoms with Crippen LogP contribution < -0.4 is 15.2 Å². The molecule has 0 aliphatic carbocycles. The maximum atomic E-state index is 6.57. The summed E-state index contributed by atoms with van der Waals surface area (Å²) in [6.45, 7) is 8.54. The van der Waals surface area contributed by atoms with Gasteiger partial charge in [-0.2, -0.15) is 0 Å². The minimum atomic E-state index is -0.182. The minimum absolute atomic E-state index is 0.182. The normalized spacial score (nSPS) is 12.1. The summed E-state index contributed by atoms with van der Waals surface area (Å²) in [6, 6.07) is 7.90. The lowest BCUT2D eigenvalue weighted by molar-refractivity contribution is 0.354. The Hall–Kier alpha value is -2.00. The second kappa shape index (κ2) is 6.41. The van der Waals surface area contributed by atoms with E-state index >= 15 is 0 Å². The number of benzene rings is 2. The second-order valence-corrected chi connectivity index (χ2v) is 5.77. The van der Waals surface area contributed by atoms with Crippen LogP contribution in [0, 0.1) is 27.7 Å². The van der Waals surface area contributed by atoms with Crippen LogP contribution in [-0.4, -0.2) is 14.2 Å². The first-order chi connectivity index (χ1) is 10.4. The number of aryl methyl sites for hydroxylation is 2. The van der Waals surface area contributed by atoms with Crippen molar-refractivity contribution in [1.82, 2.24) is 0 Å². The van der Waals surface area contributed by atoms with Crippen LogP contribution in [0.1, 0.15) is 39.4 Å². The Morgan fingerprint density at radius 2 is 1.36 bits per heavy atom. The standard InChI is InChI=1S/C19H25NO2/c1-11-9-12(2)14(4)18(13(11)3)19(20)15-7-8-16(21-5)17(10-15)22-6/h7-10,19H,20H2,1-6H3. The van der Waals surface area contributed by atoms with Gasteiger partial charge < -0.3 is 15.2 Å². The Morgan fingerprint density at radius 1 is 0.818 bits per heavy atom. The third-order valence-corrected chi connectivity index (χ3v) is 4.50. The number of hydrogen-bond acceptors (Lipinski definition) is 3. The molecular formula is C19H25NO2. The summed E-state index contributed by atoms with van der Waals surface area (Å²) >= 11 is 0. The molecule has 0 bridgehead atoms. The van der Waals surface area contributed by atoms with Gasteiger partial charge in [-0.25, -0.2) is 0 Å². The van der Waals surface area contributed by atoms with E-state index in [9.17, 15) is 0 Å². The summed E-state index contributed by atoms with van der Waals surface area (Å²) in [7, 11) is 3.27. The number of hydrogen-bond donors (Lipinski definition) is 1. The lowest BCUT2D eigenvalue weighted by Crippen LogP contribution is -2.16. The van der Waals surface area contributed by atoms with Gasteiger partial charge in [-0.3, -0.25) is 0 Å². The molecule has 2 aromatic carbocycles. The summed E-state index contributed by atoms with van der Waals surface area (Å²) in [5.74, 6) is 1.42. The van der Waals surface area contributed by atoms with E-state index in [1.807, 2.05) is 18.2 Å². The molecule has 0 aliphatic rings. The zero-order chi connectivity index (χ0) is 16.4. The van der Waals surface area contributed by atoms with Gasteiger partial charge in [-0.1, -0.05) is 12.1 Å². The van der Waals surface area contributed by atoms with E-state index in [-0.39, 0.29) is 6.04 Å². The van der Waals surface area contributed by atoms with Crippen LogP contribution in [0.5, 0.6) is 11.5 Å². The molecule has 2 rings (SSSR count). The van der Waals surface area contributed by atoms with Crippen molar-refractivity contribution in [3.05, 3.63) is 57.6 Å². The van der Waals surface area contributed by atoms with Gasteiger partial charge in [0.25, 0.3) is 0 Å². The molecule has 0 heterocycles. The number of nitrogens with two attached hydrogens (primary N) is 1. The first-order valence-electron chi connectivity index (χ1n) is 7.45. The fraction of sp³-hybridized carbons (Fsp3) is 0.368. The average molecular weight is 299 g/mol. The molecular weight excluding hydrogens is 274 g/mol. The monoisotopic (exact) mass is 299 g/mol. The van der Waals surface area contributed by atoms with E-state index in [0.717, 1.165) is 5.56 Å². The molecule has 0 saturated heterocycles. The van der Waals surface area contributed by atoms with Gasteiger partial charge in [-0.05, 0) is 73.2 Å². The molecule has 118 valence electrons. The second-order valence-electron chi connectivity index (χ2n) is 5.77. The third-order valence-electron chi connectivity index (χ3n) is 4.50. The van der Waals surface area contributed by atoms with Gasteiger partial charge in [0.1, 0.15) is 0 Å². The highest BCUT2D eigenvalue weighted by Gasteiger charge is 2.18. The van der Waals surface area contributed by atoms with Gasteiger partial charge in [0.05, 0.1) is 20.3 Å². The minimum Gasteiger partial charge on any atom is -0.493 e. The summed E-state index contributed by atoms with van der Waals surface area (Å²) in [5, 5.41) is 0. The van der Waals surface area contributed by atoms with Crippen LogP contribution in [0.2, 0.25) is 0 Å². The molecule has 0 aromatic heterocycles. The van der Waals surface area contributed by atoms with Crippen molar-refractivity contribution >= 4 is 0 Å². The highest BCUT2D eigenvalue weighted by atomic mass is 16.5. The Bertz CT molecular complexity index is 666. The maximum Gasteiger partial charge on any atom is 0.161 e. The van der Waals surface area contributed by atoms with Crippen LogP contribution in [0.3, 0.4) is 0 Å². The fourth-order valence-corrected chi connectivity index (χ4v) is 2.93. The SMILES string of the molecule is COc1ccc(C(N)c2c(C)c(C)cc(C)c2C)cc1OC. The van der Waals surface area contributed by atoms with E-state index in [1.165, 1.54) is 27.8 Å². The molecule has 0 spiro atoms. The summed E-state index contributed by atoms with van der Waals surface area (Å²) in [5.41, 5.74) is 13.8. The van der Waals surface area contributed by atoms with Crippen LogP contribution in [0.15, 0.2) is 24.3 Å². The smallest absolute Gasteiger partial charge is 0.161 e. The van der Waals surface area contributed by atoms with Crippen molar-refractivity contribution < 1.29 is 9.47 Å². The zero-order valence-corrected chi connectivity index (χ0v) is 14.3. The maximum absolute atomic E-state index is 6.57. The quantitative estimate of drug-likeness (QED) is 0.928. The molecule has 0 fully saturated rings. The summed E-state index contributed by atoms with van der Waals surface area (Å²) in [4.78, 5) is 0. The third kappa shape index (κ3) is 2.81. The Kier molecular flexibility index (Phi) is 4.77. The Morgan fingerprint density at radius 3 is 1.86 bits per heavy atom. The van der Waals surface area contributed by atoms with Crippen LogP contribution in [0.25, 0.3) is 0 Å². The largest absolute Gasteiger partial charge is 0.493 e. The zero-order valence-electron chi connectivity index (χ0n) is 14.3. The van der Waals surface area contributed by atoms with Crippen LogP contribution in [0.4, 0.5) is 0 Å². The van der Waals surface area contributed by atoms with Gasteiger partial charge in [0.2, 0.25) is 0 Å². The topological polar surface area (TPSA) is 44.5 Å². The molecule has 0 radical (unpaired) electrons.